The van der Waals surface area contributed by atoms with Gasteiger partial charge in [0.15, 0.2) is 0 Å². The SMILES string of the molecule is O=C(NC1(C(=O)O)CC1)[C@@H]1COc2ccc(Cl)cc2C1. The number of carbonyl (C=O) groups excluding carboxylic acids is 1. The second-order valence-corrected chi connectivity index (χ2v) is 5.78. The molecule has 0 saturated heterocycles. The highest BCUT2D eigenvalue weighted by Crippen LogP contribution is 2.36. The Labute approximate surface area is 120 Å². The van der Waals surface area contributed by atoms with Crippen LogP contribution in [-0.2, 0) is 16.0 Å². The van der Waals surface area contributed by atoms with E-state index in [2.05, 4.69) is 5.32 Å². The van der Waals surface area contributed by atoms with Crippen molar-refractivity contribution in [2.75, 3.05) is 6.61 Å². The first-order chi connectivity index (χ1) is 9.50. The van der Waals surface area contributed by atoms with Crippen LogP contribution >= 0.6 is 11.6 Å². The number of carboxylic acids is 1. The van der Waals surface area contributed by atoms with Crippen molar-refractivity contribution in [3.05, 3.63) is 28.8 Å². The fraction of sp³-hybridized carbons (Fsp3) is 0.429. The number of benzene rings is 1. The van der Waals surface area contributed by atoms with E-state index in [1.54, 1.807) is 18.2 Å². The molecule has 2 aliphatic rings. The summed E-state index contributed by atoms with van der Waals surface area (Å²) in [6.45, 7) is 0.260. The van der Waals surface area contributed by atoms with Crippen LogP contribution in [-0.4, -0.2) is 29.1 Å². The van der Waals surface area contributed by atoms with E-state index >= 15 is 0 Å². The Morgan fingerprint density at radius 2 is 2.15 bits per heavy atom. The lowest BCUT2D eigenvalue weighted by Crippen LogP contribution is -2.47. The van der Waals surface area contributed by atoms with E-state index in [1.165, 1.54) is 0 Å². The number of carboxylic acid groups (broad SMARTS) is 1. The molecule has 1 amide bonds. The monoisotopic (exact) mass is 295 g/mol. The molecular formula is C14H14ClNO4. The molecule has 1 saturated carbocycles. The molecule has 1 heterocycles. The Kier molecular flexibility index (Phi) is 3.09. The predicted octanol–water partition coefficient (Wildman–Crippen LogP) is 1.62. The number of aliphatic carboxylic acids is 1. The van der Waals surface area contributed by atoms with Crippen LogP contribution in [0.25, 0.3) is 0 Å². The molecule has 20 heavy (non-hydrogen) atoms. The average molecular weight is 296 g/mol. The van der Waals surface area contributed by atoms with Crippen molar-refractivity contribution in [2.45, 2.75) is 24.8 Å². The second kappa shape index (κ2) is 4.66. The lowest BCUT2D eigenvalue weighted by atomic mass is 9.95. The smallest absolute Gasteiger partial charge is 0.329 e. The fourth-order valence-electron chi connectivity index (χ4n) is 2.39. The molecular weight excluding hydrogens is 282 g/mol. The van der Waals surface area contributed by atoms with Crippen LogP contribution in [0.3, 0.4) is 0 Å². The molecule has 1 aromatic carbocycles. The summed E-state index contributed by atoms with van der Waals surface area (Å²) in [6.07, 6.45) is 1.49. The summed E-state index contributed by atoms with van der Waals surface area (Å²) in [6, 6.07) is 5.30. The standard InChI is InChI=1S/C14H14ClNO4/c15-10-1-2-11-8(6-10)5-9(7-20-11)12(17)16-14(3-4-14)13(18)19/h1-2,6,9H,3-5,7H2,(H,16,17)(H,18,19)/t9-/m0/s1. The lowest BCUT2D eigenvalue weighted by Gasteiger charge is -2.26. The number of halogens is 1. The zero-order valence-electron chi connectivity index (χ0n) is 10.7. The van der Waals surface area contributed by atoms with Crippen molar-refractivity contribution in [3.8, 4) is 5.75 Å². The minimum atomic E-state index is -1.05. The molecule has 5 nitrogen and oxygen atoms in total. The third-order valence-electron chi connectivity index (χ3n) is 3.82. The number of amides is 1. The topological polar surface area (TPSA) is 75.6 Å². The van der Waals surface area contributed by atoms with Gasteiger partial charge in [0, 0.05) is 5.02 Å². The molecule has 0 aromatic heterocycles. The Balaban J connectivity index is 1.70. The molecule has 1 aromatic rings. The third kappa shape index (κ3) is 2.33. The Morgan fingerprint density at radius 1 is 1.40 bits per heavy atom. The maximum atomic E-state index is 12.2. The number of hydrogen-bond donors (Lipinski definition) is 2. The molecule has 106 valence electrons. The number of ether oxygens (including phenoxy) is 1. The maximum Gasteiger partial charge on any atom is 0.329 e. The Bertz CT molecular complexity index is 583. The molecule has 3 rings (SSSR count). The van der Waals surface area contributed by atoms with E-state index in [1.807, 2.05) is 0 Å². The first kappa shape index (κ1) is 13.2. The molecule has 6 heteroatoms. The van der Waals surface area contributed by atoms with Crippen LogP contribution in [0.2, 0.25) is 5.02 Å². The number of rotatable bonds is 3. The quantitative estimate of drug-likeness (QED) is 0.888. The summed E-state index contributed by atoms with van der Waals surface area (Å²) in [5.41, 5.74) is -0.171. The van der Waals surface area contributed by atoms with Gasteiger partial charge in [0.1, 0.15) is 17.9 Å². The van der Waals surface area contributed by atoms with Gasteiger partial charge in [-0.15, -0.1) is 0 Å². The van der Waals surface area contributed by atoms with Crippen molar-refractivity contribution in [1.82, 2.24) is 5.32 Å². The first-order valence-corrected chi connectivity index (χ1v) is 6.85. The second-order valence-electron chi connectivity index (χ2n) is 5.34. The van der Waals surface area contributed by atoms with Gasteiger partial charge in [-0.3, -0.25) is 4.79 Å². The zero-order chi connectivity index (χ0) is 14.3. The summed E-state index contributed by atoms with van der Waals surface area (Å²) in [7, 11) is 0. The first-order valence-electron chi connectivity index (χ1n) is 6.47. The molecule has 0 spiro atoms. The highest BCUT2D eigenvalue weighted by atomic mass is 35.5. The number of nitrogens with one attached hydrogen (secondary N) is 1. The van der Waals surface area contributed by atoms with E-state index in [9.17, 15) is 9.59 Å². The van der Waals surface area contributed by atoms with Crippen LogP contribution in [0.15, 0.2) is 18.2 Å². The van der Waals surface area contributed by atoms with Crippen molar-refractivity contribution in [3.63, 3.8) is 0 Å². The molecule has 0 unspecified atom stereocenters. The van der Waals surface area contributed by atoms with E-state index in [4.69, 9.17) is 21.4 Å². The Hall–Kier alpha value is -1.75. The van der Waals surface area contributed by atoms with Gasteiger partial charge < -0.3 is 15.2 Å². The van der Waals surface area contributed by atoms with Crippen LogP contribution < -0.4 is 10.1 Å². The van der Waals surface area contributed by atoms with E-state index < -0.39 is 11.5 Å². The molecule has 1 aliphatic carbocycles. The van der Waals surface area contributed by atoms with Crippen molar-refractivity contribution < 1.29 is 19.4 Å². The van der Waals surface area contributed by atoms with Crippen LogP contribution in [0, 0.1) is 5.92 Å². The number of carbonyl (C=O) groups is 2. The number of fused-ring (bicyclic) bond motifs is 1. The normalized spacial score (nSPS) is 22.4. The fourth-order valence-corrected chi connectivity index (χ4v) is 2.58. The highest BCUT2D eigenvalue weighted by molar-refractivity contribution is 6.30. The van der Waals surface area contributed by atoms with Gasteiger partial charge in [-0.1, -0.05) is 11.6 Å². The van der Waals surface area contributed by atoms with E-state index in [0.717, 1.165) is 11.3 Å². The number of hydrogen-bond acceptors (Lipinski definition) is 3. The minimum absolute atomic E-state index is 0.260. The van der Waals surface area contributed by atoms with Gasteiger partial charge in [-0.2, -0.15) is 0 Å². The van der Waals surface area contributed by atoms with Crippen molar-refractivity contribution >= 4 is 23.5 Å². The van der Waals surface area contributed by atoms with Gasteiger partial charge in [0.25, 0.3) is 0 Å². The van der Waals surface area contributed by atoms with Crippen LogP contribution in [0.4, 0.5) is 0 Å². The molecule has 1 aliphatic heterocycles. The average Bonchev–Trinajstić information content (AvgIpc) is 3.18. The van der Waals surface area contributed by atoms with Gasteiger partial charge in [0.05, 0.1) is 5.92 Å². The van der Waals surface area contributed by atoms with Gasteiger partial charge in [-0.25, -0.2) is 4.79 Å². The van der Waals surface area contributed by atoms with Crippen molar-refractivity contribution in [2.24, 2.45) is 5.92 Å². The molecule has 0 bridgehead atoms. The predicted molar refractivity (Wildman–Crippen MR) is 71.9 cm³/mol. The van der Waals surface area contributed by atoms with Gasteiger partial charge in [0.2, 0.25) is 5.91 Å². The molecule has 2 N–H and O–H groups in total. The lowest BCUT2D eigenvalue weighted by molar-refractivity contribution is -0.144. The summed E-state index contributed by atoms with van der Waals surface area (Å²) >= 11 is 5.93. The third-order valence-corrected chi connectivity index (χ3v) is 4.06. The van der Waals surface area contributed by atoms with E-state index in [-0.39, 0.29) is 18.4 Å². The Morgan fingerprint density at radius 3 is 2.80 bits per heavy atom. The molecule has 1 fully saturated rings. The summed E-state index contributed by atoms with van der Waals surface area (Å²) < 4.78 is 5.54. The summed E-state index contributed by atoms with van der Waals surface area (Å²) in [5.74, 6) is -0.878. The van der Waals surface area contributed by atoms with Crippen molar-refractivity contribution in [1.29, 1.82) is 0 Å². The maximum absolute atomic E-state index is 12.2. The zero-order valence-corrected chi connectivity index (χ0v) is 11.4. The molecule has 1 atom stereocenters. The van der Waals surface area contributed by atoms with Crippen LogP contribution in [0.1, 0.15) is 18.4 Å². The summed E-state index contributed by atoms with van der Waals surface area (Å²) in [5, 5.41) is 12.3. The largest absolute Gasteiger partial charge is 0.492 e. The van der Waals surface area contributed by atoms with Crippen LogP contribution in [0.5, 0.6) is 5.75 Å². The highest BCUT2D eigenvalue weighted by Gasteiger charge is 2.52. The summed E-state index contributed by atoms with van der Waals surface area (Å²) in [4.78, 5) is 23.2. The van der Waals surface area contributed by atoms with Gasteiger partial charge >= 0.3 is 5.97 Å². The molecule has 0 radical (unpaired) electrons. The van der Waals surface area contributed by atoms with Gasteiger partial charge in [-0.05, 0) is 43.0 Å². The van der Waals surface area contributed by atoms with E-state index in [0.29, 0.717) is 24.3 Å². The minimum Gasteiger partial charge on any atom is -0.492 e.